The molecule has 1 saturated carbocycles. The molecule has 0 unspecified atom stereocenters. The van der Waals surface area contributed by atoms with E-state index < -0.39 is 11.5 Å². The SMILES string of the molecule is CO[C@H]1CC[C@@H](n2cccc(C(=O)O)c2=O)CC1. The van der Waals surface area contributed by atoms with Gasteiger partial charge in [-0.05, 0) is 37.8 Å². The zero-order valence-corrected chi connectivity index (χ0v) is 10.3. The van der Waals surface area contributed by atoms with Gasteiger partial charge >= 0.3 is 5.97 Å². The molecule has 98 valence electrons. The summed E-state index contributed by atoms with van der Waals surface area (Å²) in [4.78, 5) is 22.9. The lowest BCUT2D eigenvalue weighted by atomic mass is 9.92. The largest absolute Gasteiger partial charge is 0.477 e. The van der Waals surface area contributed by atoms with Gasteiger partial charge in [-0.2, -0.15) is 0 Å². The summed E-state index contributed by atoms with van der Waals surface area (Å²) >= 11 is 0. The van der Waals surface area contributed by atoms with Gasteiger partial charge in [-0.3, -0.25) is 4.79 Å². The molecular formula is C13H17NO4. The van der Waals surface area contributed by atoms with E-state index in [4.69, 9.17) is 9.84 Å². The highest BCUT2D eigenvalue weighted by Gasteiger charge is 2.23. The number of aromatic nitrogens is 1. The number of pyridine rings is 1. The molecule has 18 heavy (non-hydrogen) atoms. The highest BCUT2D eigenvalue weighted by atomic mass is 16.5. The van der Waals surface area contributed by atoms with Gasteiger partial charge in [0.2, 0.25) is 0 Å². The van der Waals surface area contributed by atoms with Crippen LogP contribution in [0.25, 0.3) is 0 Å². The molecule has 0 atom stereocenters. The van der Waals surface area contributed by atoms with Crippen LogP contribution in [-0.4, -0.2) is 28.9 Å². The van der Waals surface area contributed by atoms with Crippen molar-refractivity contribution in [2.75, 3.05) is 7.11 Å². The van der Waals surface area contributed by atoms with E-state index in [1.165, 1.54) is 6.07 Å². The Hall–Kier alpha value is -1.62. The van der Waals surface area contributed by atoms with Crippen LogP contribution < -0.4 is 5.56 Å². The van der Waals surface area contributed by atoms with Gasteiger partial charge in [-0.1, -0.05) is 0 Å². The number of carboxylic acids is 1. The third kappa shape index (κ3) is 2.46. The summed E-state index contributed by atoms with van der Waals surface area (Å²) < 4.78 is 6.84. The van der Waals surface area contributed by atoms with Crippen molar-refractivity contribution in [1.82, 2.24) is 4.57 Å². The Kier molecular flexibility index (Phi) is 3.81. The van der Waals surface area contributed by atoms with Crippen LogP contribution in [0.4, 0.5) is 0 Å². The lowest BCUT2D eigenvalue weighted by Crippen LogP contribution is -2.32. The second-order valence-electron chi connectivity index (χ2n) is 4.61. The molecule has 2 rings (SSSR count). The smallest absolute Gasteiger partial charge is 0.341 e. The van der Waals surface area contributed by atoms with E-state index in [1.807, 2.05) is 0 Å². The average Bonchev–Trinajstić information content (AvgIpc) is 2.39. The monoisotopic (exact) mass is 251 g/mol. The predicted molar refractivity (Wildman–Crippen MR) is 66.0 cm³/mol. The molecule has 0 aromatic carbocycles. The molecule has 0 bridgehead atoms. The molecule has 0 saturated heterocycles. The first-order valence-corrected chi connectivity index (χ1v) is 6.10. The number of hydrogen-bond acceptors (Lipinski definition) is 3. The number of methoxy groups -OCH3 is 1. The molecule has 1 fully saturated rings. The van der Waals surface area contributed by atoms with Gasteiger partial charge < -0.3 is 14.4 Å². The molecule has 1 N–H and O–H groups in total. The van der Waals surface area contributed by atoms with Crippen LogP contribution in [0.5, 0.6) is 0 Å². The molecule has 0 amide bonds. The van der Waals surface area contributed by atoms with Crippen LogP contribution in [0.2, 0.25) is 0 Å². The number of aromatic carboxylic acids is 1. The minimum Gasteiger partial charge on any atom is -0.477 e. The van der Waals surface area contributed by atoms with Crippen LogP contribution in [0.15, 0.2) is 23.1 Å². The van der Waals surface area contributed by atoms with E-state index in [0.717, 1.165) is 25.7 Å². The Bertz CT molecular complexity index is 486. The van der Waals surface area contributed by atoms with Crippen molar-refractivity contribution >= 4 is 5.97 Å². The second kappa shape index (κ2) is 5.35. The molecule has 0 aliphatic heterocycles. The van der Waals surface area contributed by atoms with Crippen LogP contribution in [-0.2, 0) is 4.74 Å². The Balaban J connectivity index is 2.22. The quantitative estimate of drug-likeness (QED) is 0.887. The summed E-state index contributed by atoms with van der Waals surface area (Å²) in [5, 5.41) is 8.94. The Morgan fingerprint density at radius 3 is 2.61 bits per heavy atom. The molecule has 1 heterocycles. The van der Waals surface area contributed by atoms with Gasteiger partial charge in [0.1, 0.15) is 5.56 Å². The van der Waals surface area contributed by atoms with Crippen LogP contribution in [0, 0.1) is 0 Å². The van der Waals surface area contributed by atoms with E-state index in [9.17, 15) is 9.59 Å². The number of rotatable bonds is 3. The van der Waals surface area contributed by atoms with E-state index in [0.29, 0.717) is 0 Å². The minimum atomic E-state index is -1.17. The van der Waals surface area contributed by atoms with E-state index in [1.54, 1.807) is 23.9 Å². The first kappa shape index (κ1) is 12.8. The summed E-state index contributed by atoms with van der Waals surface area (Å²) in [7, 11) is 1.70. The first-order chi connectivity index (χ1) is 8.63. The summed E-state index contributed by atoms with van der Waals surface area (Å²) in [6.45, 7) is 0. The van der Waals surface area contributed by atoms with Crippen molar-refractivity contribution in [3.05, 3.63) is 34.2 Å². The summed E-state index contributed by atoms with van der Waals surface area (Å²) in [6, 6.07) is 3.05. The molecule has 5 nitrogen and oxygen atoms in total. The lowest BCUT2D eigenvalue weighted by molar-refractivity contribution is 0.0576. The van der Waals surface area contributed by atoms with Gasteiger partial charge in [-0.25, -0.2) is 4.79 Å². The molecule has 0 radical (unpaired) electrons. The van der Waals surface area contributed by atoms with E-state index in [2.05, 4.69) is 0 Å². The van der Waals surface area contributed by atoms with E-state index >= 15 is 0 Å². The molecule has 1 aliphatic carbocycles. The van der Waals surface area contributed by atoms with Gasteiger partial charge in [0.25, 0.3) is 5.56 Å². The Morgan fingerprint density at radius 2 is 2.06 bits per heavy atom. The Morgan fingerprint density at radius 1 is 1.39 bits per heavy atom. The summed E-state index contributed by atoms with van der Waals surface area (Å²) in [6.07, 6.45) is 5.45. The van der Waals surface area contributed by atoms with Gasteiger partial charge in [0.15, 0.2) is 0 Å². The zero-order chi connectivity index (χ0) is 13.1. The third-order valence-corrected chi connectivity index (χ3v) is 3.58. The lowest BCUT2D eigenvalue weighted by Gasteiger charge is -2.29. The van der Waals surface area contributed by atoms with Crippen LogP contribution >= 0.6 is 0 Å². The number of ether oxygens (including phenoxy) is 1. The van der Waals surface area contributed by atoms with Crippen molar-refractivity contribution in [3.8, 4) is 0 Å². The van der Waals surface area contributed by atoms with Gasteiger partial charge in [0.05, 0.1) is 6.10 Å². The molecule has 1 aromatic rings. The average molecular weight is 251 g/mol. The topological polar surface area (TPSA) is 68.5 Å². The van der Waals surface area contributed by atoms with Gasteiger partial charge in [-0.15, -0.1) is 0 Å². The highest BCUT2D eigenvalue weighted by Crippen LogP contribution is 2.28. The summed E-state index contributed by atoms with van der Waals surface area (Å²) in [5.74, 6) is -1.17. The fourth-order valence-corrected chi connectivity index (χ4v) is 2.52. The normalized spacial score (nSPS) is 23.8. The minimum absolute atomic E-state index is 0.0863. The predicted octanol–water partition coefficient (Wildman–Crippen LogP) is 1.68. The van der Waals surface area contributed by atoms with Crippen molar-refractivity contribution < 1.29 is 14.6 Å². The Labute approximate surface area is 105 Å². The van der Waals surface area contributed by atoms with Crippen LogP contribution in [0.3, 0.4) is 0 Å². The van der Waals surface area contributed by atoms with Crippen molar-refractivity contribution in [2.45, 2.75) is 37.8 Å². The molecule has 0 spiro atoms. The third-order valence-electron chi connectivity index (χ3n) is 3.58. The molecule has 1 aliphatic rings. The van der Waals surface area contributed by atoms with Crippen molar-refractivity contribution in [1.29, 1.82) is 0 Å². The maximum Gasteiger partial charge on any atom is 0.341 e. The summed E-state index contributed by atoms with van der Waals surface area (Å²) in [5.41, 5.74) is -0.572. The van der Waals surface area contributed by atoms with E-state index in [-0.39, 0.29) is 17.7 Å². The molecular weight excluding hydrogens is 234 g/mol. The maximum absolute atomic E-state index is 12.0. The fourth-order valence-electron chi connectivity index (χ4n) is 2.52. The zero-order valence-electron chi connectivity index (χ0n) is 10.3. The van der Waals surface area contributed by atoms with Crippen molar-refractivity contribution in [2.24, 2.45) is 0 Å². The molecule has 5 heteroatoms. The standard InChI is InChI=1S/C13H17NO4/c1-18-10-6-4-9(5-7-10)14-8-2-3-11(12(14)15)13(16)17/h2-3,8-10H,4-7H2,1H3,(H,16,17)/t9-,10+. The maximum atomic E-state index is 12.0. The van der Waals surface area contributed by atoms with Crippen molar-refractivity contribution in [3.63, 3.8) is 0 Å². The number of hydrogen-bond donors (Lipinski definition) is 1. The second-order valence-corrected chi connectivity index (χ2v) is 4.61. The van der Waals surface area contributed by atoms with Crippen LogP contribution in [0.1, 0.15) is 42.1 Å². The number of carboxylic acid groups (broad SMARTS) is 1. The number of nitrogens with zero attached hydrogens (tertiary/aromatic N) is 1. The first-order valence-electron chi connectivity index (χ1n) is 6.10. The molecule has 1 aromatic heterocycles. The fraction of sp³-hybridized carbons (Fsp3) is 0.538. The van der Waals surface area contributed by atoms with Gasteiger partial charge in [0, 0.05) is 19.3 Å². The highest BCUT2D eigenvalue weighted by molar-refractivity contribution is 5.86. The number of carbonyl (C=O) groups is 1.